The lowest BCUT2D eigenvalue weighted by molar-refractivity contribution is -0.140. The molecule has 4 aromatic rings. The molecule has 1 N–H and O–H groups in total. The van der Waals surface area contributed by atoms with Crippen LogP contribution in [0, 0.1) is 6.92 Å². The molecule has 3 aromatic carbocycles. The van der Waals surface area contributed by atoms with Gasteiger partial charge in [0.2, 0.25) is 0 Å². The molecule has 1 aromatic heterocycles. The standard InChI is InChI=1S/C29H27NO5S/c1-20-26(15-18-36(33,34)19-21-5-3-2-4-6-21)27(35-30-20)24-9-7-22(8-10-24)23-11-13-25(14-12-23)29(16-17-29)28(31)32/h2-14H,15-19H2,1H3,(H,31,32). The zero-order valence-corrected chi connectivity index (χ0v) is 20.8. The van der Waals surface area contributed by atoms with Crippen LogP contribution in [0.2, 0.25) is 0 Å². The molecule has 1 heterocycles. The van der Waals surface area contributed by atoms with Crippen LogP contribution in [0.4, 0.5) is 0 Å². The molecule has 1 saturated carbocycles. The number of nitrogens with zero attached hydrogens (tertiary/aromatic N) is 1. The largest absolute Gasteiger partial charge is 0.481 e. The Labute approximate surface area is 210 Å². The number of aryl methyl sites for hydroxylation is 1. The maximum Gasteiger partial charge on any atom is 0.314 e. The van der Waals surface area contributed by atoms with Gasteiger partial charge in [0.15, 0.2) is 15.6 Å². The van der Waals surface area contributed by atoms with Gasteiger partial charge in [-0.3, -0.25) is 4.79 Å². The van der Waals surface area contributed by atoms with Gasteiger partial charge in [0.05, 0.1) is 22.6 Å². The number of hydrogen-bond acceptors (Lipinski definition) is 5. The average Bonchev–Trinajstić information content (AvgIpc) is 3.61. The molecular formula is C29H27NO5S. The molecule has 36 heavy (non-hydrogen) atoms. The highest BCUT2D eigenvalue weighted by Gasteiger charge is 2.51. The van der Waals surface area contributed by atoms with E-state index < -0.39 is 21.2 Å². The van der Waals surface area contributed by atoms with E-state index in [-0.39, 0.29) is 11.5 Å². The molecule has 0 amide bonds. The Bertz CT molecular complexity index is 1480. The fraction of sp³-hybridized carbons (Fsp3) is 0.241. The van der Waals surface area contributed by atoms with Crippen molar-refractivity contribution in [1.82, 2.24) is 5.16 Å². The first kappa shape index (κ1) is 24.0. The molecule has 0 unspecified atom stereocenters. The van der Waals surface area contributed by atoms with Crippen LogP contribution < -0.4 is 0 Å². The van der Waals surface area contributed by atoms with E-state index in [1.54, 1.807) is 0 Å². The Morgan fingerprint density at radius 3 is 2.08 bits per heavy atom. The Balaban J connectivity index is 1.31. The lowest BCUT2D eigenvalue weighted by Gasteiger charge is -2.11. The van der Waals surface area contributed by atoms with Gasteiger partial charge in [0.25, 0.3) is 0 Å². The molecule has 7 heteroatoms. The zero-order valence-electron chi connectivity index (χ0n) is 20.0. The van der Waals surface area contributed by atoms with Crippen molar-refractivity contribution < 1.29 is 22.8 Å². The zero-order chi connectivity index (χ0) is 25.3. The smallest absolute Gasteiger partial charge is 0.314 e. The van der Waals surface area contributed by atoms with Gasteiger partial charge in [-0.05, 0) is 48.4 Å². The predicted octanol–water partition coefficient (Wildman–Crippen LogP) is 5.59. The first-order valence-electron chi connectivity index (χ1n) is 11.9. The summed E-state index contributed by atoms with van der Waals surface area (Å²) in [5.74, 6) is -0.152. The topological polar surface area (TPSA) is 97.5 Å². The van der Waals surface area contributed by atoms with Gasteiger partial charge in [0.1, 0.15) is 0 Å². The van der Waals surface area contributed by atoms with E-state index in [0.29, 0.717) is 30.7 Å². The third kappa shape index (κ3) is 4.84. The number of aromatic nitrogens is 1. The molecule has 0 bridgehead atoms. The van der Waals surface area contributed by atoms with Crippen LogP contribution in [0.5, 0.6) is 0 Å². The van der Waals surface area contributed by atoms with Crippen molar-refractivity contribution >= 4 is 15.8 Å². The normalized spacial score (nSPS) is 14.5. The van der Waals surface area contributed by atoms with E-state index >= 15 is 0 Å². The van der Waals surface area contributed by atoms with Crippen molar-refractivity contribution in [3.8, 4) is 22.5 Å². The molecule has 6 nitrogen and oxygen atoms in total. The summed E-state index contributed by atoms with van der Waals surface area (Å²) in [6, 6.07) is 24.7. The van der Waals surface area contributed by atoms with E-state index in [1.807, 2.05) is 85.8 Å². The minimum atomic E-state index is -3.29. The molecule has 0 atom stereocenters. The second-order valence-electron chi connectivity index (χ2n) is 9.45. The molecule has 0 saturated heterocycles. The van der Waals surface area contributed by atoms with Crippen molar-refractivity contribution in [2.75, 3.05) is 5.75 Å². The Hall–Kier alpha value is -3.71. The monoisotopic (exact) mass is 501 g/mol. The van der Waals surface area contributed by atoms with Crippen molar-refractivity contribution in [1.29, 1.82) is 0 Å². The second kappa shape index (κ2) is 9.39. The Morgan fingerprint density at radius 1 is 0.917 bits per heavy atom. The highest BCUT2D eigenvalue weighted by molar-refractivity contribution is 7.90. The van der Waals surface area contributed by atoms with E-state index in [9.17, 15) is 18.3 Å². The molecule has 0 radical (unpaired) electrons. The number of aliphatic carboxylic acids is 1. The highest BCUT2D eigenvalue weighted by atomic mass is 32.2. The molecule has 1 aliphatic rings. The highest BCUT2D eigenvalue weighted by Crippen LogP contribution is 2.48. The van der Waals surface area contributed by atoms with E-state index in [0.717, 1.165) is 33.4 Å². The van der Waals surface area contributed by atoms with Crippen LogP contribution in [-0.2, 0) is 32.2 Å². The van der Waals surface area contributed by atoms with Crippen molar-refractivity contribution in [3.05, 3.63) is 101 Å². The molecule has 184 valence electrons. The number of carboxylic acid groups (broad SMARTS) is 1. The molecule has 0 spiro atoms. The minimum Gasteiger partial charge on any atom is -0.481 e. The fourth-order valence-electron chi connectivity index (χ4n) is 4.61. The summed E-state index contributed by atoms with van der Waals surface area (Å²) < 4.78 is 31.0. The van der Waals surface area contributed by atoms with E-state index in [2.05, 4.69) is 5.16 Å². The van der Waals surface area contributed by atoms with E-state index in [4.69, 9.17) is 4.52 Å². The molecule has 5 rings (SSSR count). The van der Waals surface area contributed by atoms with E-state index in [1.165, 1.54) is 0 Å². The van der Waals surface area contributed by atoms with Crippen molar-refractivity contribution in [3.63, 3.8) is 0 Å². The van der Waals surface area contributed by atoms with Crippen LogP contribution in [0.15, 0.2) is 83.4 Å². The predicted molar refractivity (Wildman–Crippen MR) is 138 cm³/mol. The summed E-state index contributed by atoms with van der Waals surface area (Å²) in [6.45, 7) is 1.83. The van der Waals surface area contributed by atoms with Gasteiger partial charge >= 0.3 is 5.97 Å². The lowest BCUT2D eigenvalue weighted by Crippen LogP contribution is -2.19. The Morgan fingerprint density at radius 2 is 1.50 bits per heavy atom. The quantitative estimate of drug-likeness (QED) is 0.321. The van der Waals surface area contributed by atoms with Gasteiger partial charge in [-0.25, -0.2) is 8.42 Å². The molecular weight excluding hydrogens is 474 g/mol. The number of hydrogen-bond donors (Lipinski definition) is 1. The first-order valence-corrected chi connectivity index (χ1v) is 13.7. The fourth-order valence-corrected chi connectivity index (χ4v) is 5.97. The van der Waals surface area contributed by atoms with Gasteiger partial charge in [-0.1, -0.05) is 84.0 Å². The molecule has 0 aliphatic heterocycles. The number of carbonyl (C=O) groups is 1. The third-order valence-corrected chi connectivity index (χ3v) is 8.55. The summed E-state index contributed by atoms with van der Waals surface area (Å²) in [4.78, 5) is 11.6. The number of rotatable bonds is 9. The van der Waals surface area contributed by atoms with Gasteiger partial charge in [-0.15, -0.1) is 0 Å². The van der Waals surface area contributed by atoms with Crippen LogP contribution in [-0.4, -0.2) is 30.4 Å². The van der Waals surface area contributed by atoms with Crippen LogP contribution in [0.25, 0.3) is 22.5 Å². The second-order valence-corrected chi connectivity index (χ2v) is 11.6. The number of benzene rings is 3. The summed E-state index contributed by atoms with van der Waals surface area (Å²) in [6.07, 6.45) is 1.69. The van der Waals surface area contributed by atoms with Crippen LogP contribution in [0.3, 0.4) is 0 Å². The summed E-state index contributed by atoms with van der Waals surface area (Å²) in [7, 11) is -3.29. The Kier molecular flexibility index (Phi) is 6.26. The van der Waals surface area contributed by atoms with Gasteiger partial charge < -0.3 is 9.63 Å². The summed E-state index contributed by atoms with van der Waals surface area (Å²) in [5, 5.41) is 13.6. The number of sulfone groups is 1. The average molecular weight is 502 g/mol. The maximum absolute atomic E-state index is 12.7. The lowest BCUT2D eigenvalue weighted by atomic mass is 9.93. The molecule has 1 fully saturated rings. The van der Waals surface area contributed by atoms with Crippen molar-refractivity contribution in [2.45, 2.75) is 37.4 Å². The SMILES string of the molecule is Cc1noc(-c2ccc(-c3ccc(C4(C(=O)O)CC4)cc3)cc2)c1CCS(=O)(=O)Cc1ccccc1. The first-order chi connectivity index (χ1) is 17.3. The summed E-state index contributed by atoms with van der Waals surface area (Å²) in [5.41, 5.74) is 5.21. The van der Waals surface area contributed by atoms with Gasteiger partial charge in [0, 0.05) is 11.1 Å². The number of carboxylic acids is 1. The van der Waals surface area contributed by atoms with Gasteiger partial charge in [-0.2, -0.15) is 0 Å². The summed E-state index contributed by atoms with van der Waals surface area (Å²) >= 11 is 0. The van der Waals surface area contributed by atoms with Crippen molar-refractivity contribution in [2.24, 2.45) is 0 Å². The van der Waals surface area contributed by atoms with Crippen LogP contribution in [0.1, 0.15) is 35.2 Å². The minimum absolute atomic E-state index is 0.00850. The maximum atomic E-state index is 12.7. The molecule has 1 aliphatic carbocycles. The third-order valence-electron chi connectivity index (χ3n) is 6.95. The van der Waals surface area contributed by atoms with Crippen LogP contribution >= 0.6 is 0 Å².